The molecule has 1 unspecified atom stereocenters. The van der Waals surface area contributed by atoms with Gasteiger partial charge in [0.15, 0.2) is 0 Å². The van der Waals surface area contributed by atoms with Crippen molar-refractivity contribution in [3.63, 3.8) is 0 Å². The molecule has 30 heavy (non-hydrogen) atoms. The van der Waals surface area contributed by atoms with Gasteiger partial charge < -0.3 is 4.90 Å². The maximum Gasteiger partial charge on any atom is 0.393 e. The van der Waals surface area contributed by atoms with Crippen LogP contribution in [-0.4, -0.2) is 38.5 Å². The van der Waals surface area contributed by atoms with Crippen LogP contribution in [-0.2, 0) is 10.0 Å². The molecule has 1 amide bonds. The van der Waals surface area contributed by atoms with Crippen LogP contribution in [0.3, 0.4) is 0 Å². The zero-order valence-corrected chi connectivity index (χ0v) is 16.9. The van der Waals surface area contributed by atoms with Gasteiger partial charge in [-0.15, -0.1) is 0 Å². The van der Waals surface area contributed by atoms with Crippen LogP contribution >= 0.6 is 0 Å². The molecule has 1 aliphatic rings. The first-order valence-corrected chi connectivity index (χ1v) is 10.7. The summed E-state index contributed by atoms with van der Waals surface area (Å²) in [5.41, 5.74) is 0.614. The van der Waals surface area contributed by atoms with Crippen molar-refractivity contribution in [2.24, 2.45) is 5.92 Å². The number of halogens is 4. The topological polar surface area (TPSA) is 66.5 Å². The van der Waals surface area contributed by atoms with E-state index in [1.807, 2.05) is 0 Å². The van der Waals surface area contributed by atoms with E-state index in [1.54, 1.807) is 6.92 Å². The summed E-state index contributed by atoms with van der Waals surface area (Å²) >= 11 is 0. The number of rotatable bonds is 4. The fourth-order valence-corrected chi connectivity index (χ4v) is 4.41. The van der Waals surface area contributed by atoms with Crippen LogP contribution < -0.4 is 4.72 Å². The SMILES string of the molecule is Cc1ccc(S(=O)(=O)Nc2ccc(F)cc2)cc1C(=O)N1CCCC(C(F)(F)F)C1. The average Bonchev–Trinajstić information content (AvgIpc) is 2.69. The van der Waals surface area contributed by atoms with E-state index in [9.17, 15) is 30.8 Å². The molecule has 162 valence electrons. The van der Waals surface area contributed by atoms with Crippen molar-refractivity contribution in [2.75, 3.05) is 17.8 Å². The molecule has 1 saturated heterocycles. The van der Waals surface area contributed by atoms with Crippen molar-refractivity contribution in [3.05, 3.63) is 59.4 Å². The predicted octanol–water partition coefficient (Wildman–Crippen LogP) is 4.35. The molecule has 0 radical (unpaired) electrons. The van der Waals surface area contributed by atoms with Crippen LogP contribution in [0.15, 0.2) is 47.4 Å². The fourth-order valence-electron chi connectivity index (χ4n) is 3.33. The normalized spacial score (nSPS) is 17.6. The fraction of sp³-hybridized carbons (Fsp3) is 0.350. The molecule has 1 heterocycles. The Labute approximate surface area is 171 Å². The van der Waals surface area contributed by atoms with E-state index < -0.39 is 40.4 Å². The number of carbonyl (C=O) groups excluding carboxylic acids is 1. The van der Waals surface area contributed by atoms with Crippen LogP contribution in [0.1, 0.15) is 28.8 Å². The number of piperidine rings is 1. The van der Waals surface area contributed by atoms with E-state index in [-0.39, 0.29) is 35.5 Å². The minimum atomic E-state index is -4.39. The minimum absolute atomic E-state index is 0.0276. The highest BCUT2D eigenvalue weighted by Crippen LogP contribution is 2.34. The quantitative estimate of drug-likeness (QED) is 0.713. The number of hydrogen-bond donors (Lipinski definition) is 1. The van der Waals surface area contributed by atoms with Gasteiger partial charge in [0.05, 0.1) is 10.8 Å². The summed E-state index contributed by atoms with van der Waals surface area (Å²) in [5.74, 6) is -2.76. The maximum absolute atomic E-state index is 13.1. The Morgan fingerprint density at radius 3 is 2.43 bits per heavy atom. The smallest absolute Gasteiger partial charge is 0.338 e. The van der Waals surface area contributed by atoms with Crippen molar-refractivity contribution in [2.45, 2.75) is 30.8 Å². The van der Waals surface area contributed by atoms with E-state index in [0.29, 0.717) is 5.56 Å². The third kappa shape index (κ3) is 4.92. The number of benzene rings is 2. The first-order valence-electron chi connectivity index (χ1n) is 9.22. The molecule has 1 fully saturated rings. The lowest BCUT2D eigenvalue weighted by Crippen LogP contribution is -2.44. The molecule has 1 aliphatic heterocycles. The van der Waals surface area contributed by atoms with Gasteiger partial charge in [0.1, 0.15) is 5.82 Å². The molecule has 2 aromatic carbocycles. The van der Waals surface area contributed by atoms with Crippen molar-refractivity contribution in [1.29, 1.82) is 0 Å². The molecule has 10 heteroatoms. The monoisotopic (exact) mass is 444 g/mol. The van der Waals surface area contributed by atoms with Gasteiger partial charge >= 0.3 is 6.18 Å². The van der Waals surface area contributed by atoms with E-state index >= 15 is 0 Å². The Kier molecular flexibility index (Phi) is 6.07. The summed E-state index contributed by atoms with van der Waals surface area (Å²) in [5, 5.41) is 0. The number of hydrogen-bond acceptors (Lipinski definition) is 3. The molecule has 0 saturated carbocycles. The second kappa shape index (κ2) is 8.25. The van der Waals surface area contributed by atoms with Crippen molar-refractivity contribution < 1.29 is 30.8 Å². The molecule has 0 aliphatic carbocycles. The molecule has 0 spiro atoms. The molecular formula is C20H20F4N2O3S. The summed E-state index contributed by atoms with van der Waals surface area (Å²) in [6.45, 7) is 1.31. The molecule has 0 bridgehead atoms. The van der Waals surface area contributed by atoms with Gasteiger partial charge in [-0.25, -0.2) is 12.8 Å². The summed E-state index contributed by atoms with van der Waals surface area (Å²) in [6.07, 6.45) is -4.21. The van der Waals surface area contributed by atoms with E-state index in [1.165, 1.54) is 24.3 Å². The van der Waals surface area contributed by atoms with Gasteiger partial charge in [0, 0.05) is 24.3 Å². The van der Waals surface area contributed by atoms with Gasteiger partial charge in [-0.2, -0.15) is 13.2 Å². The Bertz CT molecular complexity index is 1040. The van der Waals surface area contributed by atoms with Crippen LogP contribution in [0, 0.1) is 18.7 Å². The first kappa shape index (κ1) is 22.1. The second-order valence-corrected chi connectivity index (χ2v) is 8.90. The van der Waals surface area contributed by atoms with Crippen LogP contribution in [0.4, 0.5) is 23.2 Å². The first-order chi connectivity index (χ1) is 14.0. The predicted molar refractivity (Wildman–Crippen MR) is 103 cm³/mol. The van der Waals surface area contributed by atoms with E-state index in [0.717, 1.165) is 23.1 Å². The summed E-state index contributed by atoms with van der Waals surface area (Å²) in [7, 11) is -4.09. The van der Waals surface area contributed by atoms with E-state index in [2.05, 4.69) is 4.72 Å². The second-order valence-electron chi connectivity index (χ2n) is 7.22. The zero-order valence-electron chi connectivity index (χ0n) is 16.0. The van der Waals surface area contributed by atoms with Crippen molar-refractivity contribution >= 4 is 21.6 Å². The lowest BCUT2D eigenvalue weighted by atomic mass is 9.96. The van der Waals surface area contributed by atoms with Crippen molar-refractivity contribution in [3.8, 4) is 0 Å². The summed E-state index contributed by atoms with van der Waals surface area (Å²) in [4.78, 5) is 13.8. The third-order valence-corrected chi connectivity index (χ3v) is 6.40. The number of aryl methyl sites for hydroxylation is 1. The standard InChI is InChI=1S/C20H20F4N2O3S/c1-13-4-9-17(30(28,29)25-16-7-5-15(21)6-8-16)11-18(13)19(27)26-10-2-3-14(12-26)20(22,23)24/h4-9,11,14,25H,2-3,10,12H2,1H3. The maximum atomic E-state index is 13.1. The lowest BCUT2D eigenvalue weighted by Gasteiger charge is -2.34. The highest BCUT2D eigenvalue weighted by Gasteiger charge is 2.43. The number of anilines is 1. The van der Waals surface area contributed by atoms with Gasteiger partial charge in [-0.05, 0) is 61.7 Å². The minimum Gasteiger partial charge on any atom is -0.338 e. The lowest BCUT2D eigenvalue weighted by molar-refractivity contribution is -0.184. The summed E-state index contributed by atoms with van der Waals surface area (Å²) in [6, 6.07) is 8.56. The van der Waals surface area contributed by atoms with Crippen LogP contribution in [0.25, 0.3) is 0 Å². The van der Waals surface area contributed by atoms with Crippen molar-refractivity contribution in [1.82, 2.24) is 4.90 Å². The van der Waals surface area contributed by atoms with Gasteiger partial charge in [0.25, 0.3) is 15.9 Å². The number of nitrogens with zero attached hydrogens (tertiary/aromatic N) is 1. The Morgan fingerprint density at radius 1 is 1.13 bits per heavy atom. The number of carbonyl (C=O) groups is 1. The Balaban J connectivity index is 1.85. The molecule has 5 nitrogen and oxygen atoms in total. The Hall–Kier alpha value is -2.62. The van der Waals surface area contributed by atoms with Crippen LogP contribution in [0.2, 0.25) is 0 Å². The third-order valence-electron chi connectivity index (χ3n) is 5.02. The molecule has 2 aromatic rings. The number of sulfonamides is 1. The van der Waals surface area contributed by atoms with Gasteiger partial charge in [-0.1, -0.05) is 6.07 Å². The average molecular weight is 444 g/mol. The molecule has 1 N–H and O–H groups in total. The van der Waals surface area contributed by atoms with Gasteiger partial charge in [0.2, 0.25) is 0 Å². The highest BCUT2D eigenvalue weighted by molar-refractivity contribution is 7.92. The zero-order chi connectivity index (χ0) is 22.1. The summed E-state index contributed by atoms with van der Waals surface area (Å²) < 4.78 is 79.8. The van der Waals surface area contributed by atoms with E-state index in [4.69, 9.17) is 0 Å². The molecule has 1 atom stereocenters. The van der Waals surface area contributed by atoms with Crippen LogP contribution in [0.5, 0.6) is 0 Å². The number of nitrogens with one attached hydrogen (secondary N) is 1. The number of likely N-dealkylation sites (tertiary alicyclic amines) is 1. The largest absolute Gasteiger partial charge is 0.393 e. The number of alkyl halides is 3. The molecule has 3 rings (SSSR count). The van der Waals surface area contributed by atoms with Gasteiger partial charge in [-0.3, -0.25) is 9.52 Å². The number of amides is 1. The Morgan fingerprint density at radius 2 is 1.80 bits per heavy atom. The molecule has 0 aromatic heterocycles. The molecular weight excluding hydrogens is 424 g/mol. The highest BCUT2D eigenvalue weighted by atomic mass is 32.2.